The van der Waals surface area contributed by atoms with Gasteiger partial charge in [0.2, 0.25) is 0 Å². The number of nitrogens with zero attached hydrogens (tertiary/aromatic N) is 5. The maximum absolute atomic E-state index is 15.3. The Morgan fingerprint density at radius 2 is 1.71 bits per heavy atom. The summed E-state index contributed by atoms with van der Waals surface area (Å²) in [6, 6.07) is 3.45. The van der Waals surface area contributed by atoms with Crippen molar-refractivity contribution in [1.82, 2.24) is 23.7 Å². The average Bonchev–Trinajstić information content (AvgIpc) is 3.48. The molecule has 4 aromatic rings. The Kier molecular flexibility index (Phi) is 4.60. The fourth-order valence-electron chi connectivity index (χ4n) is 4.17. The maximum Gasteiger partial charge on any atom is 0.389 e. The summed E-state index contributed by atoms with van der Waals surface area (Å²) < 4.78 is 58.1. The Hall–Kier alpha value is -3.17. The van der Waals surface area contributed by atoms with Crippen molar-refractivity contribution in [2.24, 2.45) is 0 Å². The van der Waals surface area contributed by atoms with Gasteiger partial charge in [0.15, 0.2) is 5.82 Å². The van der Waals surface area contributed by atoms with E-state index in [-0.39, 0.29) is 42.3 Å². The van der Waals surface area contributed by atoms with E-state index >= 15 is 4.39 Å². The van der Waals surface area contributed by atoms with Crippen LogP contribution in [0, 0.1) is 5.82 Å². The number of hydrogen-bond donors (Lipinski definition) is 0. The first kappa shape index (κ1) is 19.8. The van der Waals surface area contributed by atoms with E-state index in [2.05, 4.69) is 9.97 Å². The molecule has 6 nitrogen and oxygen atoms in total. The van der Waals surface area contributed by atoms with E-state index in [0.29, 0.717) is 11.0 Å². The summed E-state index contributed by atoms with van der Waals surface area (Å²) in [5.41, 5.74) is 1.65. The van der Waals surface area contributed by atoms with Crippen LogP contribution in [0.1, 0.15) is 37.4 Å². The first-order chi connectivity index (χ1) is 14.8. The number of alkyl halides is 3. The molecular weight excluding hydrogens is 414 g/mol. The van der Waals surface area contributed by atoms with Crippen LogP contribution in [-0.4, -0.2) is 29.8 Å². The van der Waals surface area contributed by atoms with Crippen molar-refractivity contribution >= 4 is 21.9 Å². The molecule has 4 aromatic heterocycles. The molecule has 0 aliphatic heterocycles. The highest BCUT2D eigenvalue weighted by Crippen LogP contribution is 2.36. The summed E-state index contributed by atoms with van der Waals surface area (Å²) in [6.45, 7) is -0.124. The van der Waals surface area contributed by atoms with E-state index < -0.39 is 18.4 Å². The van der Waals surface area contributed by atoms with Crippen LogP contribution in [0.5, 0.6) is 0 Å². The number of hydrogen-bond acceptors (Lipinski definition) is 3. The van der Waals surface area contributed by atoms with Gasteiger partial charge in [-0.05, 0) is 31.4 Å². The zero-order valence-electron chi connectivity index (χ0n) is 16.4. The standard InChI is InChI=1S/C21H19F4N5O/c22-19-14-10-26-7-4-15(14)28(9-1-6-21(23,24)25)18(19)12-29-17-11-27-8-5-16(17)30(20(29)31)13-2-3-13/h4-5,7-8,10-11,13H,1-3,6,9,12H2. The second kappa shape index (κ2) is 7.21. The van der Waals surface area contributed by atoms with Crippen molar-refractivity contribution < 1.29 is 17.6 Å². The van der Waals surface area contributed by atoms with Crippen molar-refractivity contribution in [3.8, 4) is 0 Å². The van der Waals surface area contributed by atoms with Crippen LogP contribution in [0.3, 0.4) is 0 Å². The zero-order valence-corrected chi connectivity index (χ0v) is 16.4. The number of fused-ring (bicyclic) bond motifs is 2. The van der Waals surface area contributed by atoms with Crippen LogP contribution >= 0.6 is 0 Å². The van der Waals surface area contributed by atoms with Crippen LogP contribution in [0.4, 0.5) is 17.6 Å². The maximum atomic E-state index is 15.3. The molecule has 0 aromatic carbocycles. The fourth-order valence-corrected chi connectivity index (χ4v) is 4.17. The molecule has 0 spiro atoms. The van der Waals surface area contributed by atoms with Gasteiger partial charge in [0.25, 0.3) is 0 Å². The minimum Gasteiger partial charge on any atom is -0.340 e. The van der Waals surface area contributed by atoms with Gasteiger partial charge >= 0.3 is 11.9 Å². The number of imidazole rings is 1. The van der Waals surface area contributed by atoms with Crippen LogP contribution in [0.25, 0.3) is 21.9 Å². The lowest BCUT2D eigenvalue weighted by atomic mass is 10.3. The molecule has 4 heterocycles. The lowest BCUT2D eigenvalue weighted by Crippen LogP contribution is -2.25. The minimum absolute atomic E-state index is 0.0203. The van der Waals surface area contributed by atoms with E-state index in [1.165, 1.54) is 21.5 Å². The van der Waals surface area contributed by atoms with Crippen molar-refractivity contribution in [3.63, 3.8) is 0 Å². The molecule has 162 valence electrons. The van der Waals surface area contributed by atoms with Gasteiger partial charge in [0.1, 0.15) is 0 Å². The Morgan fingerprint density at radius 1 is 1.00 bits per heavy atom. The summed E-state index contributed by atoms with van der Waals surface area (Å²) in [6.07, 6.45) is 2.35. The smallest absolute Gasteiger partial charge is 0.340 e. The largest absolute Gasteiger partial charge is 0.389 e. The van der Waals surface area contributed by atoms with Crippen LogP contribution in [0.2, 0.25) is 0 Å². The third-order valence-electron chi connectivity index (χ3n) is 5.73. The fraction of sp³-hybridized carbons (Fsp3) is 0.381. The highest BCUT2D eigenvalue weighted by atomic mass is 19.4. The van der Waals surface area contributed by atoms with Gasteiger partial charge in [-0.3, -0.25) is 19.1 Å². The van der Waals surface area contributed by atoms with Gasteiger partial charge < -0.3 is 4.57 Å². The number of aryl methyl sites for hydroxylation is 1. The molecule has 5 rings (SSSR count). The summed E-state index contributed by atoms with van der Waals surface area (Å²) >= 11 is 0. The lowest BCUT2D eigenvalue weighted by Gasteiger charge is -2.12. The highest BCUT2D eigenvalue weighted by Gasteiger charge is 2.30. The average molecular weight is 433 g/mol. The van der Waals surface area contributed by atoms with Crippen LogP contribution in [-0.2, 0) is 13.1 Å². The van der Waals surface area contributed by atoms with Gasteiger partial charge in [0.05, 0.1) is 40.4 Å². The Bertz CT molecular complexity index is 1330. The zero-order chi connectivity index (χ0) is 21.8. The molecule has 0 N–H and O–H groups in total. The molecule has 0 atom stereocenters. The molecule has 1 aliphatic carbocycles. The normalized spacial score (nSPS) is 14.7. The van der Waals surface area contributed by atoms with Crippen LogP contribution < -0.4 is 5.69 Å². The predicted molar refractivity (Wildman–Crippen MR) is 106 cm³/mol. The van der Waals surface area contributed by atoms with Crippen molar-refractivity contribution in [1.29, 1.82) is 0 Å². The lowest BCUT2D eigenvalue weighted by molar-refractivity contribution is -0.135. The second-order valence-corrected chi connectivity index (χ2v) is 7.86. The second-order valence-electron chi connectivity index (χ2n) is 7.86. The van der Waals surface area contributed by atoms with Gasteiger partial charge in [-0.25, -0.2) is 9.18 Å². The van der Waals surface area contributed by atoms with Crippen molar-refractivity contribution in [2.45, 2.75) is 51.0 Å². The van der Waals surface area contributed by atoms with Crippen LogP contribution in [0.15, 0.2) is 41.7 Å². The molecule has 0 unspecified atom stereocenters. The van der Waals surface area contributed by atoms with Gasteiger partial charge in [-0.1, -0.05) is 0 Å². The quantitative estimate of drug-likeness (QED) is 0.423. The summed E-state index contributed by atoms with van der Waals surface area (Å²) in [5.74, 6) is -0.571. The number of aromatic nitrogens is 5. The monoisotopic (exact) mass is 433 g/mol. The Balaban J connectivity index is 1.61. The van der Waals surface area contributed by atoms with E-state index in [1.807, 2.05) is 0 Å². The number of rotatable bonds is 6. The Morgan fingerprint density at radius 3 is 2.42 bits per heavy atom. The highest BCUT2D eigenvalue weighted by molar-refractivity contribution is 5.81. The van der Waals surface area contributed by atoms with Gasteiger partial charge in [0, 0.05) is 37.6 Å². The topological polar surface area (TPSA) is 57.6 Å². The van der Waals surface area contributed by atoms with Gasteiger partial charge in [-0.2, -0.15) is 13.2 Å². The number of pyridine rings is 2. The van der Waals surface area contributed by atoms with E-state index in [4.69, 9.17) is 0 Å². The molecule has 31 heavy (non-hydrogen) atoms. The molecule has 1 saturated carbocycles. The van der Waals surface area contributed by atoms with E-state index in [1.54, 1.807) is 29.1 Å². The van der Waals surface area contributed by atoms with Crippen molar-refractivity contribution in [2.75, 3.05) is 0 Å². The van der Waals surface area contributed by atoms with Crippen molar-refractivity contribution in [3.05, 3.63) is 58.9 Å². The molecular formula is C21H19F4N5O. The van der Waals surface area contributed by atoms with E-state index in [0.717, 1.165) is 18.4 Å². The molecule has 0 amide bonds. The molecule has 1 fully saturated rings. The summed E-state index contributed by atoms with van der Waals surface area (Å²) in [7, 11) is 0. The molecule has 0 radical (unpaired) electrons. The number of halogens is 4. The van der Waals surface area contributed by atoms with E-state index in [9.17, 15) is 18.0 Å². The Labute approximate surface area is 173 Å². The predicted octanol–water partition coefficient (Wildman–Crippen LogP) is 4.41. The first-order valence-electron chi connectivity index (χ1n) is 10.1. The van der Waals surface area contributed by atoms with Gasteiger partial charge in [-0.15, -0.1) is 0 Å². The molecule has 0 bridgehead atoms. The summed E-state index contributed by atoms with van der Waals surface area (Å²) in [5, 5.41) is 0.224. The molecule has 10 heteroatoms. The minimum atomic E-state index is -4.29. The molecule has 0 saturated heterocycles. The summed E-state index contributed by atoms with van der Waals surface area (Å²) in [4.78, 5) is 21.2. The SMILES string of the molecule is O=c1n(Cc2c(F)c3cnccc3n2CCCC(F)(F)F)c2cnccc2n1C1CC1. The first-order valence-corrected chi connectivity index (χ1v) is 10.1. The third kappa shape index (κ3) is 3.49. The third-order valence-corrected chi connectivity index (χ3v) is 5.73. The molecule has 1 aliphatic rings.